The van der Waals surface area contributed by atoms with Crippen LogP contribution >= 0.6 is 0 Å². The molecule has 12 aromatic carbocycles. The summed E-state index contributed by atoms with van der Waals surface area (Å²) in [4.78, 5) is 56.9. The maximum atomic E-state index is 13.0. The first kappa shape index (κ1) is 106. The number of Topliss-reactive ketones (excluding diaryl/α,β-unsaturated/α-hetero) is 4. The molecule has 712 valence electrons. The van der Waals surface area contributed by atoms with E-state index < -0.39 is 70.0 Å². The third kappa shape index (κ3) is 30.5. The average molecular weight is 1880 g/mol. The Bertz CT molecular complexity index is 6170. The normalized spacial score (nSPS) is 12.9. The highest BCUT2D eigenvalue weighted by atomic mass is 19.4. The zero-order valence-corrected chi connectivity index (χ0v) is 77.9. The molecule has 10 nitrogen and oxygen atoms in total. The van der Waals surface area contributed by atoms with Crippen LogP contribution in [0.3, 0.4) is 0 Å². The van der Waals surface area contributed by atoms with Crippen molar-refractivity contribution < 1.29 is 94.5 Å². The molecule has 0 amide bonds. The predicted molar refractivity (Wildman–Crippen MR) is 508 cm³/mol. The van der Waals surface area contributed by atoms with E-state index >= 15 is 0 Å². The van der Waals surface area contributed by atoms with Crippen LogP contribution in [0.4, 0.5) is 100.0 Å². The maximum Gasteiger partial charge on any atom is 0.416 e. The Morgan fingerprint density at radius 1 is 0.294 bits per heavy atom. The van der Waals surface area contributed by atoms with Gasteiger partial charge in [-0.3, -0.25) is 19.2 Å². The lowest BCUT2D eigenvalue weighted by Crippen LogP contribution is -2.32. The second kappa shape index (κ2) is 45.7. The number of carbonyl (C=O) groups is 4. The Kier molecular flexibility index (Phi) is 35.6. The number of rotatable bonds is 29. The number of benzene rings is 12. The van der Waals surface area contributed by atoms with Crippen LogP contribution in [-0.2, 0) is 55.5 Å². The van der Waals surface area contributed by atoms with Gasteiger partial charge in [-0.1, -0.05) is 178 Å². The SMILES string of the molecule is CC(=O)C(CC(C)C)c1cc(Oc2ccc(C(F)(F)F)cc2)cc(-c2ccc(C(F)(F)F)cc2)c1.CC(=O)C(CC(C)C)c1cc(Oc2cccc(C(C)C)c2)cc(-c2ccc(C(F)(F)F)cc2)c1.[C-]#[N+]c1ccc(Nc2cc(-c3ccc(C(F)(F)F)cc3)cc(C(C)(CC(C)C)C(C)=O)c2)cc1.[C-]#[N+]c1ccc(Nc2cc(-c3ccc(C(F)(F)F)cc3)cc(C(CC(C)C)C(C)=O)c2)cc1. The van der Waals surface area contributed by atoms with E-state index in [1.165, 1.54) is 67.6 Å². The van der Waals surface area contributed by atoms with Crippen LogP contribution in [0.15, 0.2) is 267 Å². The molecule has 136 heavy (non-hydrogen) atoms. The summed E-state index contributed by atoms with van der Waals surface area (Å²) in [7, 11) is 0. The number of alkyl halides is 15. The number of anilines is 4. The van der Waals surface area contributed by atoms with Gasteiger partial charge in [-0.15, -0.1) is 0 Å². The molecule has 12 rings (SSSR count). The molecule has 0 aliphatic heterocycles. The van der Waals surface area contributed by atoms with Gasteiger partial charge in [0.05, 0.1) is 46.4 Å². The number of nitrogens with zero attached hydrogens (tertiary/aromatic N) is 2. The lowest BCUT2D eigenvalue weighted by Gasteiger charge is -2.30. The molecule has 0 aliphatic rings. The smallest absolute Gasteiger partial charge is 0.416 e. The summed E-state index contributed by atoms with van der Waals surface area (Å²) < 4.78 is 207. The van der Waals surface area contributed by atoms with Crippen LogP contribution in [0.5, 0.6) is 23.0 Å². The van der Waals surface area contributed by atoms with Gasteiger partial charge in [0, 0.05) is 40.5 Å². The molecule has 0 aliphatic carbocycles. The summed E-state index contributed by atoms with van der Waals surface area (Å²) in [5.41, 5.74) is 8.69. The predicted octanol–water partition coefficient (Wildman–Crippen LogP) is 34.9. The summed E-state index contributed by atoms with van der Waals surface area (Å²) in [6, 6.07) is 67.4. The van der Waals surface area contributed by atoms with Gasteiger partial charge in [-0.25, -0.2) is 9.69 Å². The van der Waals surface area contributed by atoms with Crippen LogP contribution in [0.1, 0.15) is 209 Å². The van der Waals surface area contributed by atoms with Gasteiger partial charge in [0.1, 0.15) is 46.1 Å². The highest BCUT2D eigenvalue weighted by molar-refractivity contribution is 5.90. The summed E-state index contributed by atoms with van der Waals surface area (Å²) in [6.07, 6.45) is -19.6. The molecule has 25 heteroatoms. The monoisotopic (exact) mass is 1880 g/mol. The highest BCUT2D eigenvalue weighted by Gasteiger charge is 2.37. The van der Waals surface area contributed by atoms with Crippen molar-refractivity contribution in [3.63, 3.8) is 0 Å². The van der Waals surface area contributed by atoms with Crippen molar-refractivity contribution in [2.45, 2.75) is 190 Å². The number of ether oxygens (including phenoxy) is 2. The van der Waals surface area contributed by atoms with E-state index in [0.717, 1.165) is 99.9 Å². The zero-order valence-electron chi connectivity index (χ0n) is 77.9. The Hall–Kier alpha value is -13.6. The van der Waals surface area contributed by atoms with E-state index in [1.807, 2.05) is 107 Å². The molecule has 0 aromatic heterocycles. The molecule has 12 aromatic rings. The molecule has 0 radical (unpaired) electrons. The van der Waals surface area contributed by atoms with Gasteiger partial charge in [-0.2, -0.15) is 65.9 Å². The molecule has 0 heterocycles. The second-order valence-corrected chi connectivity index (χ2v) is 35.9. The largest absolute Gasteiger partial charge is 0.457 e. The zero-order chi connectivity index (χ0) is 100. The number of halogens is 15. The summed E-state index contributed by atoms with van der Waals surface area (Å²) >= 11 is 0. The van der Waals surface area contributed by atoms with Crippen LogP contribution in [0.25, 0.3) is 54.2 Å². The number of carbonyl (C=O) groups excluding carboxylic acids is 4. The molecule has 0 saturated carbocycles. The Morgan fingerprint density at radius 3 is 0.882 bits per heavy atom. The van der Waals surface area contributed by atoms with E-state index in [0.29, 0.717) is 122 Å². The molecule has 0 spiro atoms. The topological polar surface area (TPSA) is 120 Å². The van der Waals surface area contributed by atoms with Gasteiger partial charge in [0.15, 0.2) is 11.4 Å². The van der Waals surface area contributed by atoms with Crippen molar-refractivity contribution in [1.82, 2.24) is 0 Å². The van der Waals surface area contributed by atoms with Crippen LogP contribution in [0.2, 0.25) is 0 Å². The maximum absolute atomic E-state index is 13.0. The van der Waals surface area contributed by atoms with E-state index in [2.05, 4.69) is 61.9 Å². The van der Waals surface area contributed by atoms with Crippen LogP contribution < -0.4 is 20.1 Å². The van der Waals surface area contributed by atoms with Gasteiger partial charge in [0.25, 0.3) is 0 Å². The Morgan fingerprint density at radius 2 is 0.588 bits per heavy atom. The molecule has 0 bridgehead atoms. The Labute approximate surface area is 784 Å². The third-order valence-electron chi connectivity index (χ3n) is 22.7. The highest BCUT2D eigenvalue weighted by Crippen LogP contribution is 2.45. The Balaban J connectivity index is 0.000000203. The number of hydrogen-bond acceptors (Lipinski definition) is 8. The molecule has 0 saturated heterocycles. The van der Waals surface area contributed by atoms with Crippen molar-refractivity contribution >= 4 is 57.3 Å². The van der Waals surface area contributed by atoms with E-state index in [1.54, 1.807) is 93.6 Å². The summed E-state index contributed by atoms with van der Waals surface area (Å²) in [6.45, 7) is 42.8. The molecule has 4 unspecified atom stereocenters. The van der Waals surface area contributed by atoms with Crippen LogP contribution in [0, 0.1) is 36.8 Å². The van der Waals surface area contributed by atoms with Crippen molar-refractivity contribution in [1.29, 1.82) is 0 Å². The first-order chi connectivity index (χ1) is 63.6. The summed E-state index contributed by atoms with van der Waals surface area (Å²) in [5, 5.41) is 6.61. The van der Waals surface area contributed by atoms with Gasteiger partial charge in [0.2, 0.25) is 0 Å². The van der Waals surface area contributed by atoms with Gasteiger partial charge in [-0.05, 0) is 320 Å². The molecule has 4 atom stereocenters. The number of ketones is 4. The standard InChI is InChI=1S/C29H31F3O2.C28H27F3N2O.C27H24F6O2.C27H25F3N2O/c1-18(2)13-28(20(5)33)24-14-23(21-9-11-25(12-10-21)29(30,31)32)16-27(17-24)34-26-8-6-7-22(15-26)19(3)4;1-18(2)17-27(4,19(3)34)23-14-21(20-6-8-22(9-7-20)28(29,30)31)15-26(16-23)33-25-12-10-24(32-5)11-13-25;1-16(2)12-25(17(3)34)20-13-19(18-4-6-21(7-5-18)26(28,29)30)14-24(15-20)35-23-10-8-22(9-11-23)27(31,32)33;1-17(2)13-26(18(3)33)21-14-20(19-5-7-22(8-6-19)27(28,29)30)15-25(16-21)32-24-11-9-23(31-4)10-12-24/h6-12,14-19,28H,13H2,1-5H3;6-16,18,33H,17H2,1-4H3;4-11,13-16,25H,12H2,1-3H3;5-12,14-17,26,32H,13H2,1-3H3. The minimum Gasteiger partial charge on any atom is -0.457 e. The molecular formula is C111H107F15N4O6. The first-order valence-electron chi connectivity index (χ1n) is 44.1. The van der Waals surface area contributed by atoms with E-state index in [9.17, 15) is 85.0 Å². The fourth-order valence-corrected chi connectivity index (χ4v) is 15.6. The first-order valence-corrected chi connectivity index (χ1v) is 44.1. The number of hydrogen-bond donors (Lipinski definition) is 2. The minimum atomic E-state index is -4.49. The third-order valence-corrected chi connectivity index (χ3v) is 22.7. The molecular weight excluding hydrogens is 1770 g/mol. The van der Waals surface area contributed by atoms with E-state index in [-0.39, 0.29) is 58.3 Å². The summed E-state index contributed by atoms with van der Waals surface area (Å²) in [5.74, 6) is 1.94. The molecule has 0 fully saturated rings. The van der Waals surface area contributed by atoms with Gasteiger partial charge >= 0.3 is 30.9 Å². The number of nitrogens with one attached hydrogen (secondary N) is 2. The second-order valence-electron chi connectivity index (χ2n) is 35.9. The van der Waals surface area contributed by atoms with Crippen molar-refractivity contribution in [2.75, 3.05) is 10.6 Å². The van der Waals surface area contributed by atoms with Crippen molar-refractivity contribution in [3.8, 4) is 67.5 Å². The average Bonchev–Trinajstić information content (AvgIpc) is 0.813. The lowest BCUT2D eigenvalue weighted by molar-refractivity contribution is -0.138. The van der Waals surface area contributed by atoms with Crippen LogP contribution in [-0.4, -0.2) is 23.1 Å². The van der Waals surface area contributed by atoms with Crippen molar-refractivity contribution in [2.24, 2.45) is 23.7 Å². The quantitative estimate of drug-likeness (QED) is 0.0351. The van der Waals surface area contributed by atoms with Gasteiger partial charge < -0.3 is 20.1 Å². The van der Waals surface area contributed by atoms with E-state index in [4.69, 9.17) is 22.6 Å². The fraction of sp³-hybridized carbons (Fsp3) is 0.297. The lowest BCUT2D eigenvalue weighted by atomic mass is 9.72. The van der Waals surface area contributed by atoms with Crippen molar-refractivity contribution in [3.05, 3.63) is 345 Å². The minimum absolute atomic E-state index is 0.0260. The molecule has 2 N–H and O–H groups in total. The fourth-order valence-electron chi connectivity index (χ4n) is 15.6.